The number of benzene rings is 2. The molecule has 2 N–H and O–H groups in total. The van der Waals surface area contributed by atoms with Crippen molar-refractivity contribution >= 4 is 17.5 Å². The SMILES string of the molecule is COc1ccccc1CCNc1cnnc(Nc2ccc(C(C)(C)C)cc2)n1. The molecule has 146 valence electrons. The van der Waals surface area contributed by atoms with Crippen LogP contribution in [0.2, 0.25) is 0 Å². The molecular weight excluding hydrogens is 350 g/mol. The van der Waals surface area contributed by atoms with Crippen LogP contribution in [0.3, 0.4) is 0 Å². The molecule has 0 aliphatic rings. The first kappa shape index (κ1) is 19.6. The van der Waals surface area contributed by atoms with E-state index in [0.29, 0.717) is 11.8 Å². The molecule has 0 radical (unpaired) electrons. The number of aromatic nitrogens is 3. The van der Waals surface area contributed by atoms with Crippen molar-refractivity contribution < 1.29 is 4.74 Å². The molecule has 0 spiro atoms. The van der Waals surface area contributed by atoms with E-state index in [1.54, 1.807) is 13.3 Å². The molecule has 6 nitrogen and oxygen atoms in total. The van der Waals surface area contributed by atoms with Crippen LogP contribution >= 0.6 is 0 Å². The van der Waals surface area contributed by atoms with Crippen LogP contribution in [0, 0.1) is 0 Å². The highest BCUT2D eigenvalue weighted by molar-refractivity contribution is 5.55. The smallest absolute Gasteiger partial charge is 0.249 e. The van der Waals surface area contributed by atoms with Gasteiger partial charge in [-0.25, -0.2) is 0 Å². The van der Waals surface area contributed by atoms with Crippen LogP contribution < -0.4 is 15.4 Å². The van der Waals surface area contributed by atoms with Crippen molar-refractivity contribution in [3.8, 4) is 5.75 Å². The van der Waals surface area contributed by atoms with Crippen LogP contribution in [0.1, 0.15) is 31.9 Å². The number of anilines is 3. The van der Waals surface area contributed by atoms with Gasteiger partial charge in [0.1, 0.15) is 5.75 Å². The third-order valence-electron chi connectivity index (χ3n) is 4.46. The fraction of sp³-hybridized carbons (Fsp3) is 0.318. The van der Waals surface area contributed by atoms with Gasteiger partial charge in [-0.05, 0) is 41.2 Å². The average molecular weight is 377 g/mol. The molecule has 3 rings (SSSR count). The van der Waals surface area contributed by atoms with Gasteiger partial charge in [0.2, 0.25) is 5.95 Å². The van der Waals surface area contributed by atoms with Crippen molar-refractivity contribution in [1.82, 2.24) is 15.2 Å². The zero-order valence-electron chi connectivity index (χ0n) is 16.9. The fourth-order valence-electron chi connectivity index (χ4n) is 2.86. The normalized spacial score (nSPS) is 11.1. The standard InChI is InChI=1S/C22H27N5O/c1-22(2,3)17-9-11-18(12-10-17)25-21-26-20(15-24-27-21)23-14-13-16-7-5-6-8-19(16)28-4/h5-12,15H,13-14H2,1-4H3,(H2,23,25,26,27). The molecule has 0 unspecified atom stereocenters. The Morgan fingerprint density at radius 2 is 1.75 bits per heavy atom. The van der Waals surface area contributed by atoms with Crippen LogP contribution in [0.25, 0.3) is 0 Å². The lowest BCUT2D eigenvalue weighted by Gasteiger charge is -2.19. The maximum absolute atomic E-state index is 5.39. The lowest BCUT2D eigenvalue weighted by molar-refractivity contribution is 0.410. The Kier molecular flexibility index (Phi) is 6.09. The van der Waals surface area contributed by atoms with Gasteiger partial charge in [0.15, 0.2) is 5.82 Å². The highest BCUT2D eigenvalue weighted by Crippen LogP contribution is 2.24. The second kappa shape index (κ2) is 8.69. The van der Waals surface area contributed by atoms with Gasteiger partial charge in [0, 0.05) is 12.2 Å². The Balaban J connectivity index is 1.59. The third kappa shape index (κ3) is 5.19. The number of rotatable bonds is 7. The van der Waals surface area contributed by atoms with E-state index in [4.69, 9.17) is 4.74 Å². The summed E-state index contributed by atoms with van der Waals surface area (Å²) in [5, 5.41) is 14.6. The Morgan fingerprint density at radius 3 is 2.46 bits per heavy atom. The van der Waals surface area contributed by atoms with E-state index in [0.717, 1.165) is 30.0 Å². The van der Waals surface area contributed by atoms with E-state index >= 15 is 0 Å². The number of hydrogen-bond donors (Lipinski definition) is 2. The molecule has 1 aromatic heterocycles. The van der Waals surface area contributed by atoms with Crippen molar-refractivity contribution in [3.63, 3.8) is 0 Å². The third-order valence-corrected chi connectivity index (χ3v) is 4.46. The summed E-state index contributed by atoms with van der Waals surface area (Å²) in [4.78, 5) is 4.49. The summed E-state index contributed by atoms with van der Waals surface area (Å²) in [7, 11) is 1.69. The second-order valence-electron chi connectivity index (χ2n) is 7.61. The predicted molar refractivity (Wildman–Crippen MR) is 113 cm³/mol. The van der Waals surface area contributed by atoms with Crippen LogP contribution in [0.15, 0.2) is 54.7 Å². The summed E-state index contributed by atoms with van der Waals surface area (Å²) in [5.74, 6) is 2.04. The molecule has 0 atom stereocenters. The van der Waals surface area contributed by atoms with Crippen molar-refractivity contribution in [3.05, 3.63) is 65.9 Å². The van der Waals surface area contributed by atoms with E-state index in [1.165, 1.54) is 5.56 Å². The number of ether oxygens (including phenoxy) is 1. The van der Waals surface area contributed by atoms with Crippen molar-refractivity contribution in [2.75, 3.05) is 24.3 Å². The summed E-state index contributed by atoms with van der Waals surface area (Å²) in [6.07, 6.45) is 2.45. The Morgan fingerprint density at radius 1 is 1.00 bits per heavy atom. The molecule has 1 heterocycles. The first-order chi connectivity index (χ1) is 13.5. The number of nitrogens with one attached hydrogen (secondary N) is 2. The zero-order chi connectivity index (χ0) is 20.0. The maximum atomic E-state index is 5.39. The zero-order valence-corrected chi connectivity index (χ0v) is 16.9. The molecule has 0 amide bonds. The summed E-state index contributed by atoms with van der Waals surface area (Å²) in [5.41, 5.74) is 3.49. The van der Waals surface area contributed by atoms with Gasteiger partial charge in [-0.15, -0.1) is 5.10 Å². The quantitative estimate of drug-likeness (QED) is 0.628. The molecule has 3 aromatic rings. The first-order valence-corrected chi connectivity index (χ1v) is 9.39. The average Bonchev–Trinajstić information content (AvgIpc) is 2.68. The minimum Gasteiger partial charge on any atom is -0.496 e. The number of para-hydroxylation sites is 1. The van der Waals surface area contributed by atoms with Crippen LogP contribution in [0.5, 0.6) is 5.75 Å². The predicted octanol–water partition coefficient (Wildman–Crippen LogP) is 4.58. The summed E-state index contributed by atoms with van der Waals surface area (Å²) >= 11 is 0. The van der Waals surface area contributed by atoms with Gasteiger partial charge >= 0.3 is 0 Å². The van der Waals surface area contributed by atoms with Crippen LogP contribution in [-0.2, 0) is 11.8 Å². The Hall–Kier alpha value is -3.15. The van der Waals surface area contributed by atoms with E-state index in [2.05, 4.69) is 64.8 Å². The van der Waals surface area contributed by atoms with Gasteiger partial charge in [-0.1, -0.05) is 51.1 Å². The lowest BCUT2D eigenvalue weighted by atomic mass is 9.87. The van der Waals surface area contributed by atoms with Crippen molar-refractivity contribution in [2.24, 2.45) is 0 Å². The van der Waals surface area contributed by atoms with Gasteiger partial charge in [-0.2, -0.15) is 10.1 Å². The van der Waals surface area contributed by atoms with E-state index < -0.39 is 0 Å². The molecular formula is C22H27N5O. The van der Waals surface area contributed by atoms with E-state index in [1.807, 2.05) is 30.3 Å². The minimum atomic E-state index is 0.127. The largest absolute Gasteiger partial charge is 0.496 e. The first-order valence-electron chi connectivity index (χ1n) is 9.39. The fourth-order valence-corrected chi connectivity index (χ4v) is 2.86. The maximum Gasteiger partial charge on any atom is 0.249 e. The highest BCUT2D eigenvalue weighted by Gasteiger charge is 2.13. The molecule has 28 heavy (non-hydrogen) atoms. The molecule has 0 aliphatic heterocycles. The van der Waals surface area contributed by atoms with E-state index in [9.17, 15) is 0 Å². The number of methoxy groups -OCH3 is 1. The van der Waals surface area contributed by atoms with Gasteiger partial charge in [0.25, 0.3) is 0 Å². The van der Waals surface area contributed by atoms with Crippen molar-refractivity contribution in [1.29, 1.82) is 0 Å². The van der Waals surface area contributed by atoms with Crippen molar-refractivity contribution in [2.45, 2.75) is 32.6 Å². The Labute approximate surface area is 166 Å². The van der Waals surface area contributed by atoms with Crippen LogP contribution in [-0.4, -0.2) is 28.8 Å². The van der Waals surface area contributed by atoms with Gasteiger partial charge < -0.3 is 15.4 Å². The second-order valence-corrected chi connectivity index (χ2v) is 7.61. The summed E-state index contributed by atoms with van der Waals surface area (Å²) in [6, 6.07) is 16.3. The van der Waals surface area contributed by atoms with E-state index in [-0.39, 0.29) is 5.41 Å². The lowest BCUT2D eigenvalue weighted by Crippen LogP contribution is -2.11. The molecule has 0 aliphatic carbocycles. The summed E-state index contributed by atoms with van der Waals surface area (Å²) in [6.45, 7) is 7.31. The van der Waals surface area contributed by atoms with Gasteiger partial charge in [0.05, 0.1) is 13.3 Å². The molecule has 0 bridgehead atoms. The number of hydrogen-bond acceptors (Lipinski definition) is 6. The highest BCUT2D eigenvalue weighted by atomic mass is 16.5. The Bertz CT molecular complexity index is 903. The van der Waals surface area contributed by atoms with Crippen LogP contribution in [0.4, 0.5) is 17.5 Å². The monoisotopic (exact) mass is 377 g/mol. The number of nitrogens with zero attached hydrogens (tertiary/aromatic N) is 3. The molecule has 0 fully saturated rings. The summed E-state index contributed by atoms with van der Waals surface area (Å²) < 4.78 is 5.39. The molecule has 0 saturated carbocycles. The van der Waals surface area contributed by atoms with Gasteiger partial charge in [-0.3, -0.25) is 0 Å². The minimum absolute atomic E-state index is 0.127. The molecule has 2 aromatic carbocycles. The molecule has 0 saturated heterocycles. The topological polar surface area (TPSA) is 72.0 Å². The molecule has 6 heteroatoms.